The van der Waals surface area contributed by atoms with Gasteiger partial charge in [0.15, 0.2) is 0 Å². The summed E-state index contributed by atoms with van der Waals surface area (Å²) in [4.78, 5) is 4.51. The molecule has 1 aliphatic carbocycles. The van der Waals surface area contributed by atoms with E-state index in [0.717, 1.165) is 65.4 Å². The molecule has 0 aromatic heterocycles. The molecule has 2 atom stereocenters. The minimum Gasteiger partial charge on any atom is -0.378 e. The lowest BCUT2D eigenvalue weighted by molar-refractivity contribution is -0.0640. The Morgan fingerprint density at radius 2 is 1.04 bits per heavy atom. The summed E-state index contributed by atoms with van der Waals surface area (Å²) in [5.74, 6) is 0. The molecule has 6 nitrogen and oxygen atoms in total. The highest BCUT2D eigenvalue weighted by Gasteiger charge is 2.28. The second-order valence-electron chi connectivity index (χ2n) is 6.58. The van der Waals surface area contributed by atoms with Gasteiger partial charge in [-0.1, -0.05) is 0 Å². The third-order valence-corrected chi connectivity index (χ3v) is 4.61. The second kappa shape index (κ2) is 11.3. The first-order valence-corrected chi connectivity index (χ1v) is 9.01. The van der Waals surface area contributed by atoms with E-state index in [0.29, 0.717) is 13.2 Å². The Morgan fingerprint density at radius 1 is 0.609 bits per heavy atom. The fraction of sp³-hybridized carbons (Fsp3) is 1.00. The summed E-state index contributed by atoms with van der Waals surface area (Å²) in [7, 11) is 4.22. The molecule has 2 aliphatic rings. The summed E-state index contributed by atoms with van der Waals surface area (Å²) >= 11 is 0. The van der Waals surface area contributed by atoms with Gasteiger partial charge in [-0.3, -0.25) is 0 Å². The van der Waals surface area contributed by atoms with Gasteiger partial charge in [-0.25, -0.2) is 0 Å². The predicted molar refractivity (Wildman–Crippen MR) is 90.0 cm³/mol. The van der Waals surface area contributed by atoms with Crippen LogP contribution >= 0.6 is 0 Å². The molecule has 23 heavy (non-hydrogen) atoms. The van der Waals surface area contributed by atoms with Gasteiger partial charge in [0.1, 0.15) is 0 Å². The Hall–Kier alpha value is -0.240. The SMILES string of the molecule is CN1CCOCCOCCN(C)CCOC2CCCC2OCC1. The fourth-order valence-electron chi connectivity index (χ4n) is 2.98. The van der Waals surface area contributed by atoms with Gasteiger partial charge in [0.05, 0.1) is 51.8 Å². The number of ether oxygens (including phenoxy) is 4. The average molecular weight is 330 g/mol. The van der Waals surface area contributed by atoms with Crippen LogP contribution < -0.4 is 0 Å². The van der Waals surface area contributed by atoms with Crippen LogP contribution in [0.3, 0.4) is 0 Å². The highest BCUT2D eigenvalue weighted by Crippen LogP contribution is 2.24. The molecule has 1 aliphatic heterocycles. The zero-order valence-electron chi connectivity index (χ0n) is 14.9. The van der Waals surface area contributed by atoms with Crippen molar-refractivity contribution in [2.45, 2.75) is 31.5 Å². The topological polar surface area (TPSA) is 43.4 Å². The van der Waals surface area contributed by atoms with Crippen LogP contribution in [0.15, 0.2) is 0 Å². The molecule has 0 radical (unpaired) electrons. The van der Waals surface area contributed by atoms with Crippen molar-refractivity contribution in [1.29, 1.82) is 0 Å². The Bertz CT molecular complexity index is 278. The van der Waals surface area contributed by atoms with Crippen molar-refractivity contribution >= 4 is 0 Å². The number of fused-ring (bicyclic) bond motifs is 1. The maximum atomic E-state index is 6.07. The largest absolute Gasteiger partial charge is 0.378 e. The second-order valence-corrected chi connectivity index (χ2v) is 6.58. The highest BCUT2D eigenvalue weighted by atomic mass is 16.5. The quantitative estimate of drug-likeness (QED) is 0.656. The molecule has 136 valence electrons. The molecule has 0 spiro atoms. The molecule has 1 heterocycles. The van der Waals surface area contributed by atoms with Gasteiger partial charge in [-0.15, -0.1) is 0 Å². The zero-order chi connectivity index (χ0) is 16.3. The minimum absolute atomic E-state index is 0.271. The van der Waals surface area contributed by atoms with Crippen LogP contribution in [0.1, 0.15) is 19.3 Å². The molecule has 0 aromatic rings. The lowest BCUT2D eigenvalue weighted by atomic mass is 10.2. The number of nitrogens with zero attached hydrogens (tertiary/aromatic N) is 2. The van der Waals surface area contributed by atoms with E-state index < -0.39 is 0 Å². The van der Waals surface area contributed by atoms with Crippen LogP contribution in [0.5, 0.6) is 0 Å². The van der Waals surface area contributed by atoms with Crippen LogP contribution in [-0.4, -0.2) is 102 Å². The van der Waals surface area contributed by atoms with Crippen LogP contribution in [0, 0.1) is 0 Å². The molecule has 0 bridgehead atoms. The molecule has 1 saturated heterocycles. The van der Waals surface area contributed by atoms with E-state index in [1.54, 1.807) is 0 Å². The van der Waals surface area contributed by atoms with E-state index >= 15 is 0 Å². The van der Waals surface area contributed by atoms with Crippen molar-refractivity contribution in [2.24, 2.45) is 0 Å². The van der Waals surface area contributed by atoms with Crippen LogP contribution in [-0.2, 0) is 18.9 Å². The first-order valence-electron chi connectivity index (χ1n) is 9.01. The van der Waals surface area contributed by atoms with Crippen molar-refractivity contribution in [3.8, 4) is 0 Å². The Morgan fingerprint density at radius 3 is 1.52 bits per heavy atom. The van der Waals surface area contributed by atoms with E-state index in [4.69, 9.17) is 18.9 Å². The molecular weight excluding hydrogens is 296 g/mol. The smallest absolute Gasteiger partial charge is 0.0837 e. The molecule has 1 saturated carbocycles. The lowest BCUT2D eigenvalue weighted by Crippen LogP contribution is -2.34. The van der Waals surface area contributed by atoms with Crippen LogP contribution in [0.25, 0.3) is 0 Å². The number of likely N-dealkylation sites (N-methyl/N-ethyl adjacent to an activating group) is 2. The molecule has 2 rings (SSSR count). The molecule has 0 N–H and O–H groups in total. The van der Waals surface area contributed by atoms with E-state index in [1.165, 1.54) is 6.42 Å². The van der Waals surface area contributed by atoms with Gasteiger partial charge >= 0.3 is 0 Å². The van der Waals surface area contributed by atoms with Crippen molar-refractivity contribution in [3.63, 3.8) is 0 Å². The summed E-state index contributed by atoms with van der Waals surface area (Å²) in [5.41, 5.74) is 0. The number of hydrogen-bond donors (Lipinski definition) is 0. The maximum absolute atomic E-state index is 6.07. The maximum Gasteiger partial charge on any atom is 0.0837 e. The molecule has 6 heteroatoms. The summed E-state index contributed by atoms with van der Waals surface area (Å²) in [6.07, 6.45) is 4.00. The van der Waals surface area contributed by atoms with E-state index in [1.807, 2.05) is 0 Å². The summed E-state index contributed by atoms with van der Waals surface area (Å²) in [6.45, 7) is 8.09. The van der Waals surface area contributed by atoms with Crippen molar-refractivity contribution in [3.05, 3.63) is 0 Å². The summed E-state index contributed by atoms with van der Waals surface area (Å²) in [6, 6.07) is 0. The van der Waals surface area contributed by atoms with Crippen molar-refractivity contribution < 1.29 is 18.9 Å². The average Bonchev–Trinajstić information content (AvgIpc) is 2.97. The summed E-state index contributed by atoms with van der Waals surface area (Å²) < 4.78 is 23.3. The van der Waals surface area contributed by atoms with Gasteiger partial charge in [0, 0.05) is 26.2 Å². The van der Waals surface area contributed by atoms with E-state index in [9.17, 15) is 0 Å². The molecule has 0 amide bonds. The van der Waals surface area contributed by atoms with E-state index in [-0.39, 0.29) is 12.2 Å². The number of hydrogen-bond acceptors (Lipinski definition) is 6. The first-order chi connectivity index (χ1) is 11.3. The van der Waals surface area contributed by atoms with E-state index in [2.05, 4.69) is 23.9 Å². The predicted octanol–water partition coefficient (Wildman–Crippen LogP) is 0.851. The standard InChI is InChI=1S/C17H34N2O4/c1-18-6-10-20-14-15-21-11-7-19(2)9-13-23-17-5-3-4-16(17)22-12-8-18/h16-17H,3-15H2,1-2H3. The number of rotatable bonds is 0. The van der Waals surface area contributed by atoms with Crippen LogP contribution in [0.4, 0.5) is 0 Å². The van der Waals surface area contributed by atoms with Crippen molar-refractivity contribution in [1.82, 2.24) is 9.80 Å². The van der Waals surface area contributed by atoms with Gasteiger partial charge in [-0.05, 0) is 33.4 Å². The summed E-state index contributed by atoms with van der Waals surface area (Å²) in [5, 5.41) is 0. The lowest BCUT2D eigenvalue weighted by Gasteiger charge is -2.24. The Labute approximate surface area is 141 Å². The van der Waals surface area contributed by atoms with Gasteiger partial charge in [-0.2, -0.15) is 0 Å². The van der Waals surface area contributed by atoms with Gasteiger partial charge in [0.2, 0.25) is 0 Å². The molecule has 2 fully saturated rings. The van der Waals surface area contributed by atoms with Crippen LogP contribution in [0.2, 0.25) is 0 Å². The Balaban J connectivity index is 1.75. The third kappa shape index (κ3) is 7.92. The first kappa shape index (κ1) is 19.1. The fourth-order valence-corrected chi connectivity index (χ4v) is 2.98. The third-order valence-electron chi connectivity index (χ3n) is 4.61. The Kier molecular flexibility index (Phi) is 9.41. The molecule has 0 aromatic carbocycles. The van der Waals surface area contributed by atoms with Crippen molar-refractivity contribution in [2.75, 3.05) is 79.9 Å². The normalized spacial score (nSPS) is 32.1. The highest BCUT2D eigenvalue weighted by molar-refractivity contribution is 4.79. The zero-order valence-corrected chi connectivity index (χ0v) is 14.9. The monoisotopic (exact) mass is 330 g/mol. The minimum atomic E-state index is 0.271. The van der Waals surface area contributed by atoms with Gasteiger partial charge in [0.25, 0.3) is 0 Å². The molecular formula is C17H34N2O4. The molecule has 2 unspecified atom stereocenters. The van der Waals surface area contributed by atoms with Gasteiger partial charge < -0.3 is 28.7 Å².